The molecule has 2 amide bonds. The molecule has 0 bridgehead atoms. The van der Waals surface area contributed by atoms with E-state index in [1.807, 2.05) is 41.8 Å². The molecule has 0 unspecified atom stereocenters. The molecule has 2 N–H and O–H groups in total. The van der Waals surface area contributed by atoms with Crippen LogP contribution in [0.25, 0.3) is 0 Å². The van der Waals surface area contributed by atoms with Crippen LogP contribution in [0.5, 0.6) is 0 Å². The van der Waals surface area contributed by atoms with Crippen molar-refractivity contribution in [2.24, 2.45) is 0 Å². The van der Waals surface area contributed by atoms with E-state index >= 15 is 0 Å². The van der Waals surface area contributed by atoms with Crippen molar-refractivity contribution in [3.8, 4) is 0 Å². The predicted molar refractivity (Wildman–Crippen MR) is 110 cm³/mol. The minimum absolute atomic E-state index is 0.0465. The molecule has 0 spiro atoms. The van der Waals surface area contributed by atoms with E-state index in [1.165, 1.54) is 11.3 Å². The molecule has 6 heteroatoms. The van der Waals surface area contributed by atoms with Crippen molar-refractivity contribution in [2.75, 3.05) is 5.32 Å². The fourth-order valence-electron chi connectivity index (χ4n) is 3.45. The van der Waals surface area contributed by atoms with E-state index < -0.39 is 0 Å². The van der Waals surface area contributed by atoms with Crippen molar-refractivity contribution >= 4 is 28.3 Å². The van der Waals surface area contributed by atoms with Crippen LogP contribution < -0.4 is 10.6 Å². The lowest BCUT2D eigenvalue weighted by molar-refractivity contribution is -0.123. The van der Waals surface area contributed by atoms with Crippen molar-refractivity contribution in [3.05, 3.63) is 82.9 Å². The van der Waals surface area contributed by atoms with Crippen LogP contribution in [-0.4, -0.2) is 16.8 Å². The number of nitrogens with zero attached hydrogens (tertiary/aromatic N) is 1. The van der Waals surface area contributed by atoms with Crippen molar-refractivity contribution in [1.82, 2.24) is 10.3 Å². The second-order valence-electron chi connectivity index (χ2n) is 6.99. The maximum Gasteiger partial charge on any atom is 0.257 e. The highest BCUT2D eigenvalue weighted by Crippen LogP contribution is 2.41. The minimum atomic E-state index is -0.251. The maximum absolute atomic E-state index is 12.6. The maximum atomic E-state index is 12.6. The van der Waals surface area contributed by atoms with E-state index in [4.69, 9.17) is 0 Å². The Kier molecular flexibility index (Phi) is 5.21. The third-order valence-electron chi connectivity index (χ3n) is 5.06. The standard InChI is InChI=1S/C22H21N3O2S/c26-19(25-22(12-7-13-22)17-10-5-2-6-11-17)14-18-15-28-21(23-18)24-20(27)16-8-3-1-4-9-16/h1-6,8-11,15H,7,12-14H2,(H,25,26)(H,23,24,27). The molecule has 142 valence electrons. The van der Waals surface area contributed by atoms with Crippen molar-refractivity contribution in [3.63, 3.8) is 0 Å². The van der Waals surface area contributed by atoms with E-state index in [0.717, 1.165) is 24.8 Å². The Morgan fingerprint density at radius 3 is 2.32 bits per heavy atom. The van der Waals surface area contributed by atoms with Crippen molar-refractivity contribution in [1.29, 1.82) is 0 Å². The number of amides is 2. The van der Waals surface area contributed by atoms with Crippen molar-refractivity contribution < 1.29 is 9.59 Å². The van der Waals surface area contributed by atoms with Gasteiger partial charge in [0, 0.05) is 10.9 Å². The summed E-state index contributed by atoms with van der Waals surface area (Å²) in [5.74, 6) is -0.252. The van der Waals surface area contributed by atoms with E-state index in [2.05, 4.69) is 27.8 Å². The zero-order valence-corrected chi connectivity index (χ0v) is 16.2. The molecule has 2 aromatic carbocycles. The number of thiazole rings is 1. The fraction of sp³-hybridized carbons (Fsp3) is 0.227. The summed E-state index contributed by atoms with van der Waals surface area (Å²) in [7, 11) is 0. The van der Waals surface area contributed by atoms with Gasteiger partial charge in [-0.25, -0.2) is 4.98 Å². The first kappa shape index (κ1) is 18.4. The first-order valence-electron chi connectivity index (χ1n) is 9.32. The highest BCUT2D eigenvalue weighted by Gasteiger charge is 2.39. The van der Waals surface area contributed by atoms with Crippen molar-refractivity contribution in [2.45, 2.75) is 31.2 Å². The lowest BCUT2D eigenvalue weighted by Gasteiger charge is -2.43. The normalized spacial score (nSPS) is 14.7. The summed E-state index contributed by atoms with van der Waals surface area (Å²) in [6, 6.07) is 19.1. The predicted octanol–water partition coefficient (Wildman–Crippen LogP) is 4.13. The molecule has 0 saturated heterocycles. The molecule has 1 saturated carbocycles. The smallest absolute Gasteiger partial charge is 0.257 e. The Hall–Kier alpha value is -2.99. The Morgan fingerprint density at radius 1 is 1.00 bits per heavy atom. The molecule has 0 aliphatic heterocycles. The average Bonchev–Trinajstić information content (AvgIpc) is 3.12. The number of aromatic nitrogens is 1. The highest BCUT2D eigenvalue weighted by molar-refractivity contribution is 7.14. The second kappa shape index (κ2) is 7.94. The second-order valence-corrected chi connectivity index (χ2v) is 7.85. The Labute approximate surface area is 167 Å². The zero-order chi connectivity index (χ0) is 19.4. The Morgan fingerprint density at radius 2 is 1.68 bits per heavy atom. The van der Waals surface area contributed by atoms with Gasteiger partial charge in [0.15, 0.2) is 5.13 Å². The first-order valence-corrected chi connectivity index (χ1v) is 10.2. The monoisotopic (exact) mass is 391 g/mol. The van der Waals surface area contributed by atoms with Gasteiger partial charge in [-0.3, -0.25) is 14.9 Å². The summed E-state index contributed by atoms with van der Waals surface area (Å²) < 4.78 is 0. The number of nitrogens with one attached hydrogen (secondary N) is 2. The molecule has 0 radical (unpaired) electrons. The molecule has 4 rings (SSSR count). The van der Waals surface area contributed by atoms with Gasteiger partial charge in [-0.15, -0.1) is 11.3 Å². The summed E-state index contributed by atoms with van der Waals surface area (Å²) in [5, 5.41) is 8.31. The van der Waals surface area contributed by atoms with E-state index in [9.17, 15) is 9.59 Å². The van der Waals surface area contributed by atoms with Gasteiger partial charge in [-0.05, 0) is 37.0 Å². The van der Waals surface area contributed by atoms with Gasteiger partial charge in [0.2, 0.25) is 5.91 Å². The average molecular weight is 391 g/mol. The number of carbonyl (C=O) groups is 2. The third-order valence-corrected chi connectivity index (χ3v) is 5.87. The van der Waals surface area contributed by atoms with E-state index in [0.29, 0.717) is 16.4 Å². The molecule has 1 heterocycles. The van der Waals surface area contributed by atoms with Crippen LogP contribution in [0.1, 0.15) is 40.9 Å². The lowest BCUT2D eigenvalue weighted by Crippen LogP contribution is -2.51. The SMILES string of the molecule is O=C(Cc1csc(NC(=O)c2ccccc2)n1)NC1(c2ccccc2)CCC1. The molecule has 28 heavy (non-hydrogen) atoms. The lowest BCUT2D eigenvalue weighted by atomic mass is 9.71. The number of carbonyl (C=O) groups excluding carboxylic acids is 2. The Bertz CT molecular complexity index is 966. The number of hydrogen-bond donors (Lipinski definition) is 2. The van der Waals surface area contributed by atoms with Gasteiger partial charge in [0.05, 0.1) is 17.7 Å². The number of benzene rings is 2. The molecule has 1 aliphatic carbocycles. The number of rotatable bonds is 6. The Balaban J connectivity index is 1.37. The van der Waals surface area contributed by atoms with Gasteiger partial charge in [0.25, 0.3) is 5.91 Å². The van der Waals surface area contributed by atoms with Crippen LogP contribution in [0.3, 0.4) is 0 Å². The van der Waals surface area contributed by atoms with Crippen LogP contribution in [-0.2, 0) is 16.8 Å². The largest absolute Gasteiger partial charge is 0.346 e. The fourth-order valence-corrected chi connectivity index (χ4v) is 4.16. The molecular formula is C22H21N3O2S. The van der Waals surface area contributed by atoms with Gasteiger partial charge in [0.1, 0.15) is 0 Å². The highest BCUT2D eigenvalue weighted by atomic mass is 32.1. The third kappa shape index (κ3) is 3.97. The quantitative estimate of drug-likeness (QED) is 0.664. The van der Waals surface area contributed by atoms with Crippen LogP contribution in [0.15, 0.2) is 66.0 Å². The van der Waals surface area contributed by atoms with Crippen LogP contribution >= 0.6 is 11.3 Å². The summed E-state index contributed by atoms with van der Waals surface area (Å²) >= 11 is 1.33. The summed E-state index contributed by atoms with van der Waals surface area (Å²) in [5.41, 5.74) is 2.14. The topological polar surface area (TPSA) is 71.1 Å². The molecular weight excluding hydrogens is 370 g/mol. The minimum Gasteiger partial charge on any atom is -0.346 e. The van der Waals surface area contributed by atoms with Crippen LogP contribution in [0.2, 0.25) is 0 Å². The summed E-state index contributed by atoms with van der Waals surface area (Å²) in [6.45, 7) is 0. The van der Waals surface area contributed by atoms with E-state index in [-0.39, 0.29) is 23.8 Å². The molecule has 1 aromatic heterocycles. The molecule has 5 nitrogen and oxygen atoms in total. The summed E-state index contributed by atoms with van der Waals surface area (Å²) in [4.78, 5) is 29.2. The van der Waals surface area contributed by atoms with E-state index in [1.54, 1.807) is 12.1 Å². The molecule has 1 aliphatic rings. The van der Waals surface area contributed by atoms with Crippen LogP contribution in [0.4, 0.5) is 5.13 Å². The first-order chi connectivity index (χ1) is 13.6. The summed E-state index contributed by atoms with van der Waals surface area (Å²) in [6.07, 6.45) is 3.23. The molecule has 0 atom stereocenters. The van der Waals surface area contributed by atoms with Gasteiger partial charge >= 0.3 is 0 Å². The molecule has 3 aromatic rings. The zero-order valence-electron chi connectivity index (χ0n) is 15.4. The van der Waals surface area contributed by atoms with Crippen LogP contribution in [0, 0.1) is 0 Å². The van der Waals surface area contributed by atoms with Gasteiger partial charge in [-0.2, -0.15) is 0 Å². The molecule has 1 fully saturated rings. The number of anilines is 1. The van der Waals surface area contributed by atoms with Gasteiger partial charge in [-0.1, -0.05) is 48.5 Å². The number of hydrogen-bond acceptors (Lipinski definition) is 4. The van der Waals surface area contributed by atoms with Gasteiger partial charge < -0.3 is 5.32 Å².